The van der Waals surface area contributed by atoms with Crippen LogP contribution in [0.1, 0.15) is 107 Å². The van der Waals surface area contributed by atoms with Gasteiger partial charge in [0.15, 0.2) is 9.84 Å². The topological polar surface area (TPSA) is 40.6 Å². The normalized spacial score (nSPS) is 13.5. The van der Waals surface area contributed by atoms with Crippen LogP contribution in [0.5, 0.6) is 0 Å². The Labute approximate surface area is 234 Å². The van der Waals surface area contributed by atoms with Crippen LogP contribution >= 0.6 is 0 Å². The van der Waals surface area contributed by atoms with Gasteiger partial charge in [-0.25, -0.2) is 8.42 Å². The first kappa shape index (κ1) is 32.4. The molecule has 0 saturated heterocycles. The standard InChI is InChI=1S/C33H54N2O2S/c1-6-7-8-9-10-11-12-13-14-18-22-31(34(2)3)23-19-28-38(36,37)33(29-20-16-15-17-21-29)30-24-26-32(27-25-30)35(4)5/h15-17,20-21,24-27,31,33H,6-14,18-19,22-23,28H2,1-5H3. The molecule has 0 fully saturated rings. The number of sulfone groups is 1. The largest absolute Gasteiger partial charge is 0.378 e. The minimum absolute atomic E-state index is 0.213. The first-order valence-electron chi connectivity index (χ1n) is 15.0. The van der Waals surface area contributed by atoms with Gasteiger partial charge in [-0.05, 0) is 56.6 Å². The summed E-state index contributed by atoms with van der Waals surface area (Å²) in [4.78, 5) is 4.32. The number of nitrogens with zero attached hydrogens (tertiary/aromatic N) is 2. The lowest BCUT2D eigenvalue weighted by Crippen LogP contribution is -2.29. The number of unbranched alkanes of at least 4 members (excludes halogenated alkanes) is 9. The minimum atomic E-state index is -3.36. The Kier molecular flexibility index (Phi) is 15.1. The van der Waals surface area contributed by atoms with E-state index in [1.54, 1.807) is 0 Å². The zero-order valence-electron chi connectivity index (χ0n) is 24.9. The lowest BCUT2D eigenvalue weighted by Gasteiger charge is -2.25. The van der Waals surface area contributed by atoms with Gasteiger partial charge in [-0.3, -0.25) is 0 Å². The molecule has 5 heteroatoms. The summed E-state index contributed by atoms with van der Waals surface area (Å²) in [5, 5.41) is -0.625. The summed E-state index contributed by atoms with van der Waals surface area (Å²) in [6.07, 6.45) is 16.2. The molecule has 0 amide bonds. The van der Waals surface area contributed by atoms with Gasteiger partial charge in [0.2, 0.25) is 0 Å². The van der Waals surface area contributed by atoms with Crippen molar-refractivity contribution < 1.29 is 8.42 Å². The Morgan fingerprint density at radius 3 is 1.66 bits per heavy atom. The molecule has 0 spiro atoms. The molecule has 2 aromatic rings. The molecule has 2 rings (SSSR count). The second kappa shape index (κ2) is 17.7. The average Bonchev–Trinajstić information content (AvgIpc) is 2.89. The fourth-order valence-electron chi connectivity index (χ4n) is 5.35. The summed E-state index contributed by atoms with van der Waals surface area (Å²) < 4.78 is 27.4. The van der Waals surface area contributed by atoms with Gasteiger partial charge in [-0.1, -0.05) is 114 Å². The number of benzene rings is 2. The first-order chi connectivity index (χ1) is 18.3. The number of hydrogen-bond acceptors (Lipinski definition) is 4. The van der Waals surface area contributed by atoms with E-state index >= 15 is 0 Å². The van der Waals surface area contributed by atoms with Crippen LogP contribution in [0.25, 0.3) is 0 Å². The summed E-state index contributed by atoms with van der Waals surface area (Å²) in [6.45, 7) is 2.27. The average molecular weight is 543 g/mol. The zero-order valence-corrected chi connectivity index (χ0v) is 25.7. The van der Waals surface area contributed by atoms with Crippen molar-refractivity contribution in [2.24, 2.45) is 0 Å². The molecule has 2 atom stereocenters. The maximum absolute atomic E-state index is 13.7. The molecule has 0 aliphatic carbocycles. The fourth-order valence-corrected chi connectivity index (χ4v) is 7.30. The third-order valence-electron chi connectivity index (χ3n) is 7.76. The zero-order chi connectivity index (χ0) is 27.8. The second-order valence-corrected chi connectivity index (χ2v) is 13.6. The molecule has 0 heterocycles. The van der Waals surface area contributed by atoms with Crippen molar-refractivity contribution in [1.82, 2.24) is 4.90 Å². The predicted octanol–water partition coefficient (Wildman–Crippen LogP) is 8.28. The van der Waals surface area contributed by atoms with Crippen LogP contribution in [0, 0.1) is 0 Å². The molecule has 0 aromatic heterocycles. The molecular weight excluding hydrogens is 488 g/mol. The van der Waals surface area contributed by atoms with Gasteiger partial charge in [0.25, 0.3) is 0 Å². The summed E-state index contributed by atoms with van der Waals surface area (Å²) in [7, 11) is 4.90. The highest BCUT2D eigenvalue weighted by atomic mass is 32.2. The van der Waals surface area contributed by atoms with Crippen LogP contribution in [-0.4, -0.2) is 53.3 Å². The van der Waals surface area contributed by atoms with E-state index in [-0.39, 0.29) is 5.75 Å². The lowest BCUT2D eigenvalue weighted by molar-refractivity contribution is 0.256. The van der Waals surface area contributed by atoms with E-state index < -0.39 is 15.1 Å². The Bertz CT molecular complexity index is 972. The highest BCUT2D eigenvalue weighted by Crippen LogP contribution is 2.32. The van der Waals surface area contributed by atoms with Crippen LogP contribution in [-0.2, 0) is 9.84 Å². The van der Waals surface area contributed by atoms with Gasteiger partial charge >= 0.3 is 0 Å². The van der Waals surface area contributed by atoms with Crippen molar-refractivity contribution in [1.29, 1.82) is 0 Å². The Morgan fingerprint density at radius 1 is 0.632 bits per heavy atom. The van der Waals surface area contributed by atoms with Gasteiger partial charge in [-0.2, -0.15) is 0 Å². The maximum atomic E-state index is 13.7. The van der Waals surface area contributed by atoms with Crippen molar-refractivity contribution >= 4 is 15.5 Å². The van der Waals surface area contributed by atoms with E-state index in [1.807, 2.05) is 73.6 Å². The first-order valence-corrected chi connectivity index (χ1v) is 16.7. The quantitative estimate of drug-likeness (QED) is 0.158. The van der Waals surface area contributed by atoms with E-state index in [0.717, 1.165) is 29.7 Å². The third kappa shape index (κ3) is 11.5. The van der Waals surface area contributed by atoms with E-state index in [2.05, 4.69) is 25.9 Å². The molecule has 0 aliphatic heterocycles. The van der Waals surface area contributed by atoms with Crippen molar-refractivity contribution in [3.05, 3.63) is 65.7 Å². The summed E-state index contributed by atoms with van der Waals surface area (Å²) in [5.74, 6) is 0.213. The third-order valence-corrected chi connectivity index (χ3v) is 9.88. The molecule has 0 radical (unpaired) electrons. The van der Waals surface area contributed by atoms with Crippen LogP contribution in [0.15, 0.2) is 54.6 Å². The molecule has 4 nitrogen and oxygen atoms in total. The fraction of sp³-hybridized carbons (Fsp3) is 0.636. The van der Waals surface area contributed by atoms with Crippen molar-refractivity contribution in [3.8, 4) is 0 Å². The van der Waals surface area contributed by atoms with Crippen LogP contribution in [0.2, 0.25) is 0 Å². The Balaban J connectivity index is 1.88. The maximum Gasteiger partial charge on any atom is 0.161 e. The highest BCUT2D eigenvalue weighted by molar-refractivity contribution is 7.91. The van der Waals surface area contributed by atoms with Gasteiger partial charge < -0.3 is 9.80 Å². The molecule has 2 unspecified atom stereocenters. The predicted molar refractivity (Wildman–Crippen MR) is 166 cm³/mol. The molecule has 214 valence electrons. The summed E-state index contributed by atoms with van der Waals surface area (Å²) >= 11 is 0. The van der Waals surface area contributed by atoms with E-state index in [9.17, 15) is 8.42 Å². The summed E-state index contributed by atoms with van der Waals surface area (Å²) in [5.41, 5.74) is 2.76. The van der Waals surface area contributed by atoms with Gasteiger partial charge in [0, 0.05) is 25.8 Å². The number of rotatable bonds is 20. The number of anilines is 1. The monoisotopic (exact) mass is 542 g/mol. The van der Waals surface area contributed by atoms with Gasteiger partial charge in [-0.15, -0.1) is 0 Å². The molecular formula is C33H54N2O2S. The van der Waals surface area contributed by atoms with Crippen LogP contribution in [0.3, 0.4) is 0 Å². The minimum Gasteiger partial charge on any atom is -0.378 e. The molecule has 0 saturated carbocycles. The molecule has 0 N–H and O–H groups in total. The van der Waals surface area contributed by atoms with Crippen LogP contribution in [0.4, 0.5) is 5.69 Å². The Hall–Kier alpha value is -1.85. The smallest absolute Gasteiger partial charge is 0.161 e. The second-order valence-electron chi connectivity index (χ2n) is 11.4. The van der Waals surface area contributed by atoms with Crippen LogP contribution < -0.4 is 4.90 Å². The van der Waals surface area contributed by atoms with Crippen molar-refractivity contribution in [2.45, 2.75) is 102 Å². The Morgan fingerprint density at radius 2 is 1.13 bits per heavy atom. The molecule has 0 bridgehead atoms. The van der Waals surface area contributed by atoms with Crippen molar-refractivity contribution in [3.63, 3.8) is 0 Å². The summed E-state index contributed by atoms with van der Waals surface area (Å²) in [6, 6.07) is 18.1. The van der Waals surface area contributed by atoms with E-state index in [4.69, 9.17) is 0 Å². The molecule has 38 heavy (non-hydrogen) atoms. The molecule has 2 aromatic carbocycles. The SMILES string of the molecule is CCCCCCCCCCCCC(CCCS(=O)(=O)C(c1ccccc1)c1ccc(N(C)C)cc1)N(C)C. The molecule has 0 aliphatic rings. The lowest BCUT2D eigenvalue weighted by atomic mass is 10.0. The van der Waals surface area contributed by atoms with Crippen molar-refractivity contribution in [2.75, 3.05) is 38.8 Å². The van der Waals surface area contributed by atoms with E-state index in [0.29, 0.717) is 12.5 Å². The highest BCUT2D eigenvalue weighted by Gasteiger charge is 2.29. The van der Waals surface area contributed by atoms with E-state index in [1.165, 1.54) is 64.2 Å². The van der Waals surface area contributed by atoms with Gasteiger partial charge in [0.1, 0.15) is 5.25 Å². The van der Waals surface area contributed by atoms with Gasteiger partial charge in [0.05, 0.1) is 5.75 Å². The number of hydrogen-bond donors (Lipinski definition) is 0.